The topological polar surface area (TPSA) is 84.9 Å². The molecule has 1 N–H and O–H groups in total. The average molecular weight is 481 g/mol. The Morgan fingerprint density at radius 3 is 2.32 bits per heavy atom. The van der Waals surface area contributed by atoms with E-state index in [2.05, 4.69) is 12.2 Å². The van der Waals surface area contributed by atoms with Crippen molar-refractivity contribution >= 4 is 21.6 Å². The molecule has 7 nitrogen and oxygen atoms in total. The summed E-state index contributed by atoms with van der Waals surface area (Å²) >= 11 is 0. The van der Waals surface area contributed by atoms with E-state index in [0.29, 0.717) is 42.5 Å². The van der Waals surface area contributed by atoms with E-state index >= 15 is 0 Å². The fourth-order valence-electron chi connectivity index (χ4n) is 3.76. The van der Waals surface area contributed by atoms with Crippen LogP contribution in [0.2, 0.25) is 0 Å². The molecule has 0 saturated heterocycles. The van der Waals surface area contributed by atoms with E-state index in [1.807, 2.05) is 30.3 Å². The minimum Gasteiger partial charge on any atom is -0.486 e. The predicted octanol–water partition coefficient (Wildman–Crippen LogP) is 3.96. The van der Waals surface area contributed by atoms with Crippen molar-refractivity contribution in [3.8, 4) is 11.5 Å². The molecule has 1 aliphatic rings. The van der Waals surface area contributed by atoms with Gasteiger partial charge in [-0.15, -0.1) is 0 Å². The van der Waals surface area contributed by atoms with Crippen LogP contribution < -0.4 is 19.1 Å². The van der Waals surface area contributed by atoms with Gasteiger partial charge in [-0.05, 0) is 41.3 Å². The normalized spacial score (nSPS) is 13.7. The lowest BCUT2D eigenvalue weighted by atomic mass is 10.0. The first-order valence-electron chi connectivity index (χ1n) is 11.1. The molecule has 0 radical (unpaired) electrons. The maximum Gasteiger partial charge on any atom is 0.251 e. The second-order valence-electron chi connectivity index (χ2n) is 8.32. The van der Waals surface area contributed by atoms with E-state index in [4.69, 9.17) is 9.47 Å². The van der Waals surface area contributed by atoms with Crippen molar-refractivity contribution in [3.05, 3.63) is 89.5 Å². The fourth-order valence-corrected chi connectivity index (χ4v) is 4.64. The predicted molar refractivity (Wildman–Crippen MR) is 132 cm³/mol. The van der Waals surface area contributed by atoms with Crippen LogP contribution in [0.1, 0.15) is 34.3 Å². The third-order valence-corrected chi connectivity index (χ3v) is 6.83. The van der Waals surface area contributed by atoms with Gasteiger partial charge in [0.15, 0.2) is 11.5 Å². The van der Waals surface area contributed by atoms with Crippen molar-refractivity contribution in [2.75, 3.05) is 30.3 Å². The molecule has 0 saturated carbocycles. The molecule has 8 heteroatoms. The van der Waals surface area contributed by atoms with Crippen molar-refractivity contribution in [3.63, 3.8) is 0 Å². The van der Waals surface area contributed by atoms with Crippen molar-refractivity contribution < 1.29 is 22.7 Å². The number of hydrogen-bond donors (Lipinski definition) is 1. The monoisotopic (exact) mass is 480 g/mol. The molecule has 0 unspecified atom stereocenters. The lowest BCUT2D eigenvalue weighted by Gasteiger charge is -2.25. The number of ether oxygens (including phenoxy) is 2. The Morgan fingerprint density at radius 2 is 1.65 bits per heavy atom. The van der Waals surface area contributed by atoms with Crippen molar-refractivity contribution in [2.24, 2.45) is 0 Å². The van der Waals surface area contributed by atoms with Crippen LogP contribution in [0.15, 0.2) is 72.8 Å². The van der Waals surface area contributed by atoms with E-state index in [1.165, 1.54) is 10.6 Å². The van der Waals surface area contributed by atoms with Crippen LogP contribution in [-0.4, -0.2) is 40.3 Å². The van der Waals surface area contributed by atoms with Gasteiger partial charge in [0, 0.05) is 18.2 Å². The van der Waals surface area contributed by atoms with Gasteiger partial charge in [0.05, 0.1) is 18.5 Å². The number of hydrogen-bond acceptors (Lipinski definition) is 5. The van der Waals surface area contributed by atoms with Crippen molar-refractivity contribution in [1.82, 2.24) is 5.32 Å². The first kappa shape index (κ1) is 23.6. The van der Waals surface area contributed by atoms with Crippen LogP contribution in [0, 0.1) is 0 Å². The van der Waals surface area contributed by atoms with Gasteiger partial charge in [-0.3, -0.25) is 9.10 Å². The number of nitrogens with zero attached hydrogens (tertiary/aromatic N) is 1. The molecule has 0 fully saturated rings. The molecule has 1 atom stereocenters. The molecule has 3 aromatic carbocycles. The molecule has 34 heavy (non-hydrogen) atoms. The van der Waals surface area contributed by atoms with Crippen LogP contribution in [0.4, 0.5) is 5.69 Å². The third kappa shape index (κ3) is 5.69. The molecule has 0 bridgehead atoms. The van der Waals surface area contributed by atoms with E-state index < -0.39 is 10.0 Å². The standard InChI is InChI=1S/C26H28N2O5S/c1-19(21-6-4-3-5-7-21)17-27-26(29)22-10-8-20(9-11-22)18-28(34(2,30)31)23-12-13-24-25(16-23)33-15-14-32-24/h3-13,16,19H,14-15,17-18H2,1-2H3,(H,27,29)/t19-/m0/s1. The number of benzene rings is 3. The molecular formula is C26H28N2O5S. The Bertz CT molecular complexity index is 1240. The summed E-state index contributed by atoms with van der Waals surface area (Å²) in [6.07, 6.45) is 1.17. The van der Waals surface area contributed by atoms with Crippen LogP contribution in [0.5, 0.6) is 11.5 Å². The SMILES string of the molecule is C[C@@H](CNC(=O)c1ccc(CN(c2ccc3c(c2)OCCO3)S(C)(=O)=O)cc1)c1ccccc1. The van der Waals surface area contributed by atoms with Crippen LogP contribution >= 0.6 is 0 Å². The number of nitrogens with one attached hydrogen (secondary N) is 1. The second-order valence-corrected chi connectivity index (χ2v) is 10.2. The molecule has 0 spiro atoms. The summed E-state index contributed by atoms with van der Waals surface area (Å²) < 4.78 is 37.5. The zero-order valence-corrected chi connectivity index (χ0v) is 20.0. The third-order valence-electron chi connectivity index (χ3n) is 5.69. The van der Waals surface area contributed by atoms with E-state index in [0.717, 1.165) is 11.1 Å². The number of carbonyl (C=O) groups is 1. The van der Waals surface area contributed by atoms with Gasteiger partial charge in [-0.25, -0.2) is 8.42 Å². The summed E-state index contributed by atoms with van der Waals surface area (Å²) in [7, 11) is -3.56. The number of anilines is 1. The summed E-state index contributed by atoms with van der Waals surface area (Å²) in [5, 5.41) is 2.97. The first-order valence-corrected chi connectivity index (χ1v) is 13.0. The maximum absolute atomic E-state index is 12.6. The second kappa shape index (κ2) is 10.2. The highest BCUT2D eigenvalue weighted by Crippen LogP contribution is 2.35. The largest absolute Gasteiger partial charge is 0.486 e. The number of amides is 1. The van der Waals surface area contributed by atoms with Gasteiger partial charge < -0.3 is 14.8 Å². The molecule has 1 amide bonds. The summed E-state index contributed by atoms with van der Waals surface area (Å²) in [4.78, 5) is 12.6. The highest BCUT2D eigenvalue weighted by Gasteiger charge is 2.21. The quantitative estimate of drug-likeness (QED) is 0.528. The lowest BCUT2D eigenvalue weighted by molar-refractivity contribution is 0.0951. The van der Waals surface area contributed by atoms with Crippen LogP contribution in [-0.2, 0) is 16.6 Å². The molecule has 178 valence electrons. The van der Waals surface area contributed by atoms with E-state index in [1.54, 1.807) is 42.5 Å². The fraction of sp³-hybridized carbons (Fsp3) is 0.269. The highest BCUT2D eigenvalue weighted by atomic mass is 32.2. The minimum atomic E-state index is -3.56. The summed E-state index contributed by atoms with van der Waals surface area (Å²) in [5.74, 6) is 1.15. The number of carbonyl (C=O) groups excluding carboxylic acids is 1. The van der Waals surface area contributed by atoms with Gasteiger partial charge in [0.1, 0.15) is 13.2 Å². The van der Waals surface area contributed by atoms with Crippen molar-refractivity contribution in [1.29, 1.82) is 0 Å². The lowest BCUT2D eigenvalue weighted by Crippen LogP contribution is -2.30. The Hall–Kier alpha value is -3.52. The summed E-state index contributed by atoms with van der Waals surface area (Å²) in [5.41, 5.74) is 2.94. The number of sulfonamides is 1. The van der Waals surface area contributed by atoms with E-state index in [9.17, 15) is 13.2 Å². The minimum absolute atomic E-state index is 0.130. The molecule has 0 aliphatic carbocycles. The average Bonchev–Trinajstić information content (AvgIpc) is 2.85. The van der Waals surface area contributed by atoms with Crippen molar-refractivity contribution in [2.45, 2.75) is 19.4 Å². The summed E-state index contributed by atoms with van der Waals surface area (Å²) in [6, 6.07) is 22.1. The van der Waals surface area contributed by atoms with Crippen LogP contribution in [0.25, 0.3) is 0 Å². The molecule has 0 aromatic heterocycles. The van der Waals surface area contributed by atoms with Crippen LogP contribution in [0.3, 0.4) is 0 Å². The van der Waals surface area contributed by atoms with Gasteiger partial charge >= 0.3 is 0 Å². The molecule has 4 rings (SSSR count). The Balaban J connectivity index is 1.43. The smallest absolute Gasteiger partial charge is 0.251 e. The van der Waals surface area contributed by atoms with E-state index in [-0.39, 0.29) is 18.4 Å². The highest BCUT2D eigenvalue weighted by molar-refractivity contribution is 7.92. The molecule has 1 heterocycles. The Kier molecular flexibility index (Phi) is 7.07. The number of rotatable bonds is 8. The number of fused-ring (bicyclic) bond motifs is 1. The summed E-state index contributed by atoms with van der Waals surface area (Å²) in [6.45, 7) is 3.61. The first-order chi connectivity index (χ1) is 16.3. The Labute approximate surface area is 200 Å². The molecule has 1 aliphatic heterocycles. The zero-order valence-electron chi connectivity index (χ0n) is 19.2. The van der Waals surface area contributed by atoms with Gasteiger partial charge in [-0.2, -0.15) is 0 Å². The molecular weight excluding hydrogens is 452 g/mol. The van der Waals surface area contributed by atoms with Gasteiger partial charge in [0.25, 0.3) is 5.91 Å². The Morgan fingerprint density at radius 1 is 0.971 bits per heavy atom. The molecule has 3 aromatic rings. The maximum atomic E-state index is 12.6. The van der Waals surface area contributed by atoms with Gasteiger partial charge in [0.2, 0.25) is 10.0 Å². The van der Waals surface area contributed by atoms with Gasteiger partial charge in [-0.1, -0.05) is 49.4 Å². The zero-order chi connectivity index (χ0) is 24.1.